The molecule has 1 heterocycles. The van der Waals surface area contributed by atoms with Gasteiger partial charge in [0.1, 0.15) is 0 Å². The predicted molar refractivity (Wildman–Crippen MR) is 88.9 cm³/mol. The minimum atomic E-state index is -0.208. The van der Waals surface area contributed by atoms with Gasteiger partial charge in [-0.2, -0.15) is 0 Å². The lowest BCUT2D eigenvalue weighted by molar-refractivity contribution is 0.0890. The first-order chi connectivity index (χ1) is 9.68. The molecule has 0 saturated heterocycles. The highest BCUT2D eigenvalue weighted by Gasteiger charge is 2.28. The van der Waals surface area contributed by atoms with Gasteiger partial charge in [0.25, 0.3) is 5.91 Å². The van der Waals surface area contributed by atoms with Crippen LogP contribution >= 0.6 is 0 Å². The van der Waals surface area contributed by atoms with Crippen molar-refractivity contribution in [1.82, 2.24) is 5.32 Å². The van der Waals surface area contributed by atoms with E-state index in [1.165, 1.54) is 0 Å². The van der Waals surface area contributed by atoms with Crippen LogP contribution in [-0.2, 0) is 6.42 Å². The molecule has 1 amide bonds. The maximum Gasteiger partial charge on any atom is 0.252 e. The van der Waals surface area contributed by atoms with Gasteiger partial charge in [-0.1, -0.05) is 26.8 Å². The molecule has 0 aliphatic carbocycles. The molecule has 1 aromatic carbocycles. The highest BCUT2D eigenvalue weighted by atomic mass is 16.1. The van der Waals surface area contributed by atoms with Crippen molar-refractivity contribution in [3.8, 4) is 0 Å². The van der Waals surface area contributed by atoms with Crippen molar-refractivity contribution in [2.24, 2.45) is 5.41 Å². The molecule has 116 valence electrons. The van der Waals surface area contributed by atoms with Gasteiger partial charge in [-0.05, 0) is 56.2 Å². The van der Waals surface area contributed by atoms with Gasteiger partial charge in [-0.3, -0.25) is 4.79 Å². The van der Waals surface area contributed by atoms with E-state index in [9.17, 15) is 4.79 Å². The van der Waals surface area contributed by atoms with Gasteiger partial charge in [0.15, 0.2) is 0 Å². The number of amides is 1. The van der Waals surface area contributed by atoms with Crippen LogP contribution in [0, 0.1) is 5.41 Å². The molecular weight excluding hydrogens is 260 g/mol. The van der Waals surface area contributed by atoms with Gasteiger partial charge in [0.2, 0.25) is 0 Å². The first-order valence-electron chi connectivity index (χ1n) is 7.86. The number of carbonyl (C=O) groups is 1. The van der Waals surface area contributed by atoms with Crippen LogP contribution in [0.15, 0.2) is 18.2 Å². The Hall–Kier alpha value is -1.51. The highest BCUT2D eigenvalue weighted by molar-refractivity contribution is 5.97. The van der Waals surface area contributed by atoms with Gasteiger partial charge in [0.05, 0.1) is 0 Å². The zero-order valence-electron chi connectivity index (χ0n) is 14.0. The van der Waals surface area contributed by atoms with Crippen molar-refractivity contribution in [2.45, 2.75) is 59.4 Å². The van der Waals surface area contributed by atoms with E-state index in [2.05, 4.69) is 51.3 Å². The fourth-order valence-corrected chi connectivity index (χ4v) is 3.47. The summed E-state index contributed by atoms with van der Waals surface area (Å²) < 4.78 is 0. The number of hydrogen-bond donors (Lipinski definition) is 2. The van der Waals surface area contributed by atoms with Crippen molar-refractivity contribution in [1.29, 1.82) is 0 Å². The van der Waals surface area contributed by atoms with Crippen molar-refractivity contribution in [3.63, 3.8) is 0 Å². The van der Waals surface area contributed by atoms with E-state index >= 15 is 0 Å². The topological polar surface area (TPSA) is 41.1 Å². The molecule has 1 aromatic rings. The van der Waals surface area contributed by atoms with Crippen LogP contribution in [0.4, 0.5) is 5.69 Å². The van der Waals surface area contributed by atoms with E-state index in [0.29, 0.717) is 0 Å². The summed E-state index contributed by atoms with van der Waals surface area (Å²) in [6.07, 6.45) is 3.01. The van der Waals surface area contributed by atoms with Crippen LogP contribution in [0.2, 0.25) is 0 Å². The fourth-order valence-electron chi connectivity index (χ4n) is 3.47. The van der Waals surface area contributed by atoms with Crippen molar-refractivity contribution in [2.75, 3.05) is 11.9 Å². The predicted octanol–water partition coefficient (Wildman–Crippen LogP) is 3.99. The smallest absolute Gasteiger partial charge is 0.252 e. The van der Waals surface area contributed by atoms with Gasteiger partial charge in [-0.15, -0.1) is 0 Å². The maximum atomic E-state index is 12.7. The number of rotatable bonds is 3. The van der Waals surface area contributed by atoms with Crippen molar-refractivity contribution in [3.05, 3.63) is 29.3 Å². The summed E-state index contributed by atoms with van der Waals surface area (Å²) in [5.41, 5.74) is 3.08. The second-order valence-corrected chi connectivity index (χ2v) is 7.94. The van der Waals surface area contributed by atoms with Crippen LogP contribution < -0.4 is 10.6 Å². The molecule has 0 atom stereocenters. The first kappa shape index (κ1) is 15.9. The first-order valence-corrected chi connectivity index (χ1v) is 7.86. The molecule has 0 fully saturated rings. The van der Waals surface area contributed by atoms with E-state index in [-0.39, 0.29) is 16.9 Å². The third kappa shape index (κ3) is 4.23. The molecule has 3 nitrogen and oxygen atoms in total. The minimum Gasteiger partial charge on any atom is -0.385 e. The summed E-state index contributed by atoms with van der Waals surface area (Å²) in [6.45, 7) is 11.8. The zero-order valence-corrected chi connectivity index (χ0v) is 14.0. The summed E-state index contributed by atoms with van der Waals surface area (Å²) >= 11 is 0. The van der Waals surface area contributed by atoms with E-state index < -0.39 is 0 Å². The number of hydrogen-bond acceptors (Lipinski definition) is 2. The molecule has 3 heteroatoms. The average molecular weight is 288 g/mol. The van der Waals surface area contributed by atoms with Gasteiger partial charge in [-0.25, -0.2) is 0 Å². The summed E-state index contributed by atoms with van der Waals surface area (Å²) in [5, 5.41) is 6.59. The molecule has 0 radical (unpaired) electrons. The Balaban J connectivity index is 2.18. The van der Waals surface area contributed by atoms with Crippen LogP contribution in [0.1, 0.15) is 63.4 Å². The molecule has 0 saturated carbocycles. The molecule has 0 bridgehead atoms. The Labute approximate surface area is 128 Å². The SMILES string of the molecule is CC(C)(C)CC(C)(C)NC(=O)c1cccc2c1CCCN2. The zero-order chi connectivity index (χ0) is 15.7. The Bertz CT molecular complexity index is 527. The molecule has 0 aromatic heterocycles. The summed E-state index contributed by atoms with van der Waals surface area (Å²) in [7, 11) is 0. The molecule has 1 aliphatic rings. The molecule has 21 heavy (non-hydrogen) atoms. The summed E-state index contributed by atoms with van der Waals surface area (Å²) in [5.74, 6) is 0.0461. The number of anilines is 1. The highest BCUT2D eigenvalue weighted by Crippen LogP contribution is 2.29. The van der Waals surface area contributed by atoms with E-state index in [1.807, 2.05) is 12.1 Å². The van der Waals surface area contributed by atoms with Crippen molar-refractivity contribution >= 4 is 11.6 Å². The average Bonchev–Trinajstić information content (AvgIpc) is 2.34. The quantitative estimate of drug-likeness (QED) is 0.883. The monoisotopic (exact) mass is 288 g/mol. The van der Waals surface area contributed by atoms with Gasteiger partial charge < -0.3 is 10.6 Å². The molecule has 1 aliphatic heterocycles. The normalized spacial score (nSPS) is 15.1. The largest absolute Gasteiger partial charge is 0.385 e. The molecule has 2 N–H and O–H groups in total. The van der Waals surface area contributed by atoms with E-state index in [1.54, 1.807) is 0 Å². The molecule has 0 spiro atoms. The van der Waals surface area contributed by atoms with E-state index in [4.69, 9.17) is 0 Å². The third-order valence-corrected chi connectivity index (χ3v) is 3.76. The molecule has 2 rings (SSSR count). The van der Waals surface area contributed by atoms with Crippen LogP contribution in [0.5, 0.6) is 0 Å². The second-order valence-electron chi connectivity index (χ2n) is 7.94. The number of carbonyl (C=O) groups excluding carboxylic acids is 1. The fraction of sp³-hybridized carbons (Fsp3) is 0.611. The van der Waals surface area contributed by atoms with E-state index in [0.717, 1.165) is 42.6 Å². The lowest BCUT2D eigenvalue weighted by atomic mass is 9.81. The number of nitrogens with one attached hydrogen (secondary N) is 2. The minimum absolute atomic E-state index is 0.0461. The Morgan fingerprint density at radius 1 is 1.24 bits per heavy atom. The van der Waals surface area contributed by atoms with Crippen LogP contribution in [0.3, 0.4) is 0 Å². The van der Waals surface area contributed by atoms with Gasteiger partial charge >= 0.3 is 0 Å². The van der Waals surface area contributed by atoms with Crippen LogP contribution in [-0.4, -0.2) is 18.0 Å². The Kier molecular flexibility index (Phi) is 4.31. The van der Waals surface area contributed by atoms with Gasteiger partial charge in [0, 0.05) is 23.3 Å². The molecular formula is C18H28N2O. The maximum absolute atomic E-state index is 12.7. The van der Waals surface area contributed by atoms with Crippen LogP contribution in [0.25, 0.3) is 0 Å². The lowest BCUT2D eigenvalue weighted by Gasteiger charge is -2.33. The van der Waals surface area contributed by atoms with Crippen molar-refractivity contribution < 1.29 is 4.79 Å². The second kappa shape index (κ2) is 5.70. The lowest BCUT2D eigenvalue weighted by Crippen LogP contribution is -2.46. The third-order valence-electron chi connectivity index (χ3n) is 3.76. The summed E-state index contributed by atoms with van der Waals surface area (Å²) in [4.78, 5) is 12.7. The summed E-state index contributed by atoms with van der Waals surface area (Å²) in [6, 6.07) is 5.96. The number of benzene rings is 1. The molecule has 0 unspecified atom stereocenters. The number of fused-ring (bicyclic) bond motifs is 1. The standard InChI is InChI=1S/C18H28N2O/c1-17(2,3)12-18(4,5)20-16(21)14-8-6-10-15-13(14)9-7-11-19-15/h6,8,10,19H,7,9,11-12H2,1-5H3,(H,20,21). The Morgan fingerprint density at radius 3 is 2.62 bits per heavy atom. The Morgan fingerprint density at radius 2 is 1.95 bits per heavy atom.